The zero-order valence-electron chi connectivity index (χ0n) is 18.0. The predicted octanol–water partition coefficient (Wildman–Crippen LogP) is 3.55. The van der Waals surface area contributed by atoms with E-state index >= 15 is 0 Å². The minimum atomic E-state index is -0.748. The summed E-state index contributed by atoms with van der Waals surface area (Å²) in [6.07, 6.45) is 0.855. The number of methoxy groups -OCH3 is 2. The second kappa shape index (κ2) is 10.1. The van der Waals surface area contributed by atoms with Crippen LogP contribution in [0.25, 0.3) is 5.76 Å². The van der Waals surface area contributed by atoms with Gasteiger partial charge in [-0.3, -0.25) is 9.59 Å². The van der Waals surface area contributed by atoms with E-state index in [0.717, 1.165) is 6.42 Å². The van der Waals surface area contributed by atoms with Crippen molar-refractivity contribution in [3.8, 4) is 11.5 Å². The third-order valence-electron chi connectivity index (χ3n) is 5.09. The Morgan fingerprint density at radius 1 is 1.03 bits per heavy atom. The molecule has 0 saturated carbocycles. The number of ether oxygens (including phenoxy) is 3. The van der Waals surface area contributed by atoms with Gasteiger partial charge in [-0.1, -0.05) is 19.1 Å². The molecular formula is C24H27NO6. The molecule has 1 aliphatic heterocycles. The fourth-order valence-corrected chi connectivity index (χ4v) is 3.55. The van der Waals surface area contributed by atoms with Crippen LogP contribution in [0.15, 0.2) is 54.1 Å². The Morgan fingerprint density at radius 3 is 2.42 bits per heavy atom. The standard InChI is InChI=1S/C24H27NO6/c1-4-13-31-19-7-5-6-17(15-19)21-20(23(27)24(28)25(21)12-14-29-2)22(26)16-8-10-18(30-3)11-9-16/h5-11,15,21,26H,4,12-14H2,1-3H3/b22-20-. The zero-order chi connectivity index (χ0) is 22.4. The van der Waals surface area contributed by atoms with Crippen molar-refractivity contribution in [3.63, 3.8) is 0 Å². The normalized spacial score (nSPS) is 17.8. The number of amides is 1. The van der Waals surface area contributed by atoms with Gasteiger partial charge >= 0.3 is 0 Å². The number of ketones is 1. The van der Waals surface area contributed by atoms with Crippen molar-refractivity contribution in [3.05, 3.63) is 65.2 Å². The van der Waals surface area contributed by atoms with Gasteiger partial charge in [0, 0.05) is 19.2 Å². The van der Waals surface area contributed by atoms with Gasteiger partial charge in [0.1, 0.15) is 17.3 Å². The summed E-state index contributed by atoms with van der Waals surface area (Å²) in [5, 5.41) is 11.0. The average molecular weight is 425 g/mol. The molecule has 0 bridgehead atoms. The number of hydrogen-bond acceptors (Lipinski definition) is 6. The number of benzene rings is 2. The van der Waals surface area contributed by atoms with Crippen LogP contribution in [0, 0.1) is 0 Å². The molecule has 1 aliphatic rings. The van der Waals surface area contributed by atoms with Crippen LogP contribution < -0.4 is 9.47 Å². The van der Waals surface area contributed by atoms with E-state index in [4.69, 9.17) is 14.2 Å². The molecule has 1 unspecified atom stereocenters. The van der Waals surface area contributed by atoms with Crippen molar-refractivity contribution in [2.24, 2.45) is 0 Å². The van der Waals surface area contributed by atoms with E-state index in [2.05, 4.69) is 0 Å². The Kier molecular flexibility index (Phi) is 7.31. The van der Waals surface area contributed by atoms with Gasteiger partial charge in [0.2, 0.25) is 0 Å². The molecule has 3 rings (SSSR count). The Morgan fingerprint density at radius 2 is 1.77 bits per heavy atom. The average Bonchev–Trinajstić information content (AvgIpc) is 3.06. The quantitative estimate of drug-likeness (QED) is 0.376. The molecular weight excluding hydrogens is 398 g/mol. The van der Waals surface area contributed by atoms with Crippen LogP contribution in [0.2, 0.25) is 0 Å². The van der Waals surface area contributed by atoms with Crippen LogP contribution in [0.1, 0.15) is 30.5 Å². The summed E-state index contributed by atoms with van der Waals surface area (Å²) in [6.45, 7) is 3.04. The lowest BCUT2D eigenvalue weighted by molar-refractivity contribution is -0.140. The minimum Gasteiger partial charge on any atom is -0.507 e. The van der Waals surface area contributed by atoms with Gasteiger partial charge < -0.3 is 24.2 Å². The molecule has 0 aromatic heterocycles. The second-order valence-electron chi connectivity index (χ2n) is 7.13. The van der Waals surface area contributed by atoms with Gasteiger partial charge in [-0.2, -0.15) is 0 Å². The maximum Gasteiger partial charge on any atom is 0.295 e. The van der Waals surface area contributed by atoms with Crippen LogP contribution >= 0.6 is 0 Å². The number of carbonyl (C=O) groups is 2. The Balaban J connectivity index is 2.10. The van der Waals surface area contributed by atoms with Crippen LogP contribution in [-0.4, -0.2) is 55.7 Å². The number of Topliss-reactive ketones (excluding diaryl/α,β-unsaturated/α-hetero) is 1. The lowest BCUT2D eigenvalue weighted by Crippen LogP contribution is -2.32. The maximum atomic E-state index is 13.0. The molecule has 7 nitrogen and oxygen atoms in total. The molecule has 1 fully saturated rings. The first-order valence-corrected chi connectivity index (χ1v) is 10.2. The topological polar surface area (TPSA) is 85.3 Å². The molecule has 1 N–H and O–H groups in total. The summed E-state index contributed by atoms with van der Waals surface area (Å²) in [7, 11) is 3.08. The van der Waals surface area contributed by atoms with Gasteiger partial charge in [-0.05, 0) is 48.4 Å². The van der Waals surface area contributed by atoms with Crippen molar-refractivity contribution >= 4 is 17.4 Å². The van der Waals surface area contributed by atoms with Crippen molar-refractivity contribution in [1.29, 1.82) is 0 Å². The van der Waals surface area contributed by atoms with E-state index in [-0.39, 0.29) is 24.5 Å². The molecule has 1 amide bonds. The summed E-state index contributed by atoms with van der Waals surface area (Å²) >= 11 is 0. The number of carbonyl (C=O) groups excluding carboxylic acids is 2. The summed E-state index contributed by atoms with van der Waals surface area (Å²) in [5.41, 5.74) is 1.15. The Bertz CT molecular complexity index is 966. The van der Waals surface area contributed by atoms with Crippen molar-refractivity contribution in [1.82, 2.24) is 4.90 Å². The SMILES string of the molecule is CCCOc1cccc(C2/C(=C(/O)c3ccc(OC)cc3)C(=O)C(=O)N2CCOC)c1. The highest BCUT2D eigenvalue weighted by atomic mass is 16.5. The van der Waals surface area contributed by atoms with Gasteiger partial charge in [0.05, 0.1) is 31.9 Å². The number of hydrogen-bond donors (Lipinski definition) is 1. The van der Waals surface area contributed by atoms with E-state index in [1.165, 1.54) is 12.0 Å². The summed E-state index contributed by atoms with van der Waals surface area (Å²) < 4.78 is 16.0. The van der Waals surface area contributed by atoms with E-state index in [0.29, 0.717) is 29.2 Å². The molecule has 1 saturated heterocycles. The lowest BCUT2D eigenvalue weighted by Gasteiger charge is -2.25. The fraction of sp³-hybridized carbons (Fsp3) is 0.333. The zero-order valence-corrected chi connectivity index (χ0v) is 18.0. The molecule has 7 heteroatoms. The fourth-order valence-electron chi connectivity index (χ4n) is 3.55. The first kappa shape index (κ1) is 22.4. The third-order valence-corrected chi connectivity index (χ3v) is 5.09. The van der Waals surface area contributed by atoms with E-state index in [1.54, 1.807) is 37.4 Å². The van der Waals surface area contributed by atoms with Crippen LogP contribution in [0.3, 0.4) is 0 Å². The maximum absolute atomic E-state index is 13.0. The van der Waals surface area contributed by atoms with Crippen molar-refractivity contribution < 1.29 is 28.9 Å². The van der Waals surface area contributed by atoms with Gasteiger partial charge in [-0.25, -0.2) is 0 Å². The number of aliphatic hydroxyl groups is 1. The predicted molar refractivity (Wildman–Crippen MR) is 116 cm³/mol. The number of rotatable bonds is 9. The van der Waals surface area contributed by atoms with Crippen LogP contribution in [0.4, 0.5) is 0 Å². The number of aliphatic hydroxyl groups excluding tert-OH is 1. The van der Waals surface area contributed by atoms with Crippen LogP contribution in [-0.2, 0) is 14.3 Å². The Labute approximate surface area is 181 Å². The molecule has 0 radical (unpaired) electrons. The van der Waals surface area contributed by atoms with Gasteiger partial charge in [-0.15, -0.1) is 0 Å². The lowest BCUT2D eigenvalue weighted by atomic mass is 9.95. The molecule has 1 atom stereocenters. The number of nitrogens with zero attached hydrogens (tertiary/aromatic N) is 1. The molecule has 0 aliphatic carbocycles. The Hall–Kier alpha value is -3.32. The molecule has 1 heterocycles. The minimum absolute atomic E-state index is 0.0407. The van der Waals surface area contributed by atoms with Crippen LogP contribution in [0.5, 0.6) is 11.5 Å². The first-order chi connectivity index (χ1) is 15.0. The summed E-state index contributed by atoms with van der Waals surface area (Å²) in [5.74, 6) is -0.368. The highest BCUT2D eigenvalue weighted by Crippen LogP contribution is 2.40. The van der Waals surface area contributed by atoms with Crippen molar-refractivity contribution in [2.75, 3.05) is 34.0 Å². The summed E-state index contributed by atoms with van der Waals surface area (Å²) in [6, 6.07) is 13.2. The molecule has 2 aromatic rings. The van der Waals surface area contributed by atoms with E-state index < -0.39 is 17.7 Å². The molecule has 31 heavy (non-hydrogen) atoms. The molecule has 2 aromatic carbocycles. The first-order valence-electron chi connectivity index (χ1n) is 10.2. The van der Waals surface area contributed by atoms with E-state index in [1.807, 2.05) is 25.1 Å². The van der Waals surface area contributed by atoms with Gasteiger partial charge in [0.25, 0.3) is 11.7 Å². The summed E-state index contributed by atoms with van der Waals surface area (Å²) in [4.78, 5) is 27.2. The van der Waals surface area contributed by atoms with E-state index in [9.17, 15) is 14.7 Å². The molecule has 0 spiro atoms. The number of likely N-dealkylation sites (tertiary alicyclic amines) is 1. The highest BCUT2D eigenvalue weighted by Gasteiger charge is 2.46. The highest BCUT2D eigenvalue weighted by molar-refractivity contribution is 6.46. The largest absolute Gasteiger partial charge is 0.507 e. The second-order valence-corrected chi connectivity index (χ2v) is 7.13. The third kappa shape index (κ3) is 4.72. The van der Waals surface area contributed by atoms with Crippen molar-refractivity contribution in [2.45, 2.75) is 19.4 Å². The molecule has 164 valence electrons. The smallest absolute Gasteiger partial charge is 0.295 e. The monoisotopic (exact) mass is 425 g/mol. The van der Waals surface area contributed by atoms with Gasteiger partial charge in [0.15, 0.2) is 0 Å².